The fourth-order valence-electron chi connectivity index (χ4n) is 2.59. The topological polar surface area (TPSA) is 0 Å². The van der Waals surface area contributed by atoms with Crippen molar-refractivity contribution in [2.75, 3.05) is 0 Å². The highest BCUT2D eigenvalue weighted by Crippen LogP contribution is 2.43. The van der Waals surface area contributed by atoms with Crippen molar-refractivity contribution in [1.29, 1.82) is 0 Å². The molecule has 0 saturated heterocycles. The molecule has 2 atom stereocenters. The molecule has 0 spiro atoms. The molecule has 0 heteroatoms. The fourth-order valence-corrected chi connectivity index (χ4v) is 2.59. The Bertz CT molecular complexity index is 188. The summed E-state index contributed by atoms with van der Waals surface area (Å²) in [5.74, 6) is 1.80. The van der Waals surface area contributed by atoms with Gasteiger partial charge in [-0.15, -0.1) is 6.58 Å². The van der Waals surface area contributed by atoms with Crippen LogP contribution in [0.25, 0.3) is 0 Å². The zero-order valence-electron chi connectivity index (χ0n) is 9.69. The standard InChI is InChI=1S/C13H24/c1-10(2)8-12-9-13(4,5)7-6-11(12)3/h11-12H,1,6-9H2,2-5H3. The first-order chi connectivity index (χ1) is 5.91. The molecule has 0 nitrogen and oxygen atoms in total. The smallest absolute Gasteiger partial charge is 0.0295 e. The highest BCUT2D eigenvalue weighted by molar-refractivity contribution is 4.94. The summed E-state index contributed by atoms with van der Waals surface area (Å²) >= 11 is 0. The number of rotatable bonds is 2. The SMILES string of the molecule is C=C(C)CC1CC(C)(C)CCC1C. The molecule has 2 unspecified atom stereocenters. The molecule has 0 aromatic carbocycles. The van der Waals surface area contributed by atoms with Gasteiger partial charge in [0.1, 0.15) is 0 Å². The first-order valence-electron chi connectivity index (χ1n) is 5.55. The summed E-state index contributed by atoms with van der Waals surface area (Å²) < 4.78 is 0. The van der Waals surface area contributed by atoms with E-state index in [2.05, 4.69) is 34.3 Å². The Morgan fingerprint density at radius 2 is 2.08 bits per heavy atom. The van der Waals surface area contributed by atoms with Gasteiger partial charge in [0.05, 0.1) is 0 Å². The quantitative estimate of drug-likeness (QED) is 0.552. The number of allylic oxidation sites excluding steroid dienone is 1. The molecule has 0 aromatic heterocycles. The lowest BCUT2D eigenvalue weighted by Crippen LogP contribution is -2.28. The molecule has 0 N–H and O–H groups in total. The number of hydrogen-bond acceptors (Lipinski definition) is 0. The van der Waals surface area contributed by atoms with Crippen LogP contribution < -0.4 is 0 Å². The van der Waals surface area contributed by atoms with Gasteiger partial charge >= 0.3 is 0 Å². The lowest BCUT2D eigenvalue weighted by atomic mass is 9.66. The second kappa shape index (κ2) is 3.86. The van der Waals surface area contributed by atoms with Crippen LogP contribution in [0.4, 0.5) is 0 Å². The van der Waals surface area contributed by atoms with Crippen LogP contribution in [-0.2, 0) is 0 Å². The van der Waals surface area contributed by atoms with Crippen LogP contribution in [0.2, 0.25) is 0 Å². The van der Waals surface area contributed by atoms with Gasteiger partial charge in [0, 0.05) is 0 Å². The van der Waals surface area contributed by atoms with Crippen molar-refractivity contribution in [3.05, 3.63) is 12.2 Å². The molecule has 1 aliphatic rings. The van der Waals surface area contributed by atoms with Crippen LogP contribution in [0.15, 0.2) is 12.2 Å². The van der Waals surface area contributed by atoms with Crippen LogP contribution in [-0.4, -0.2) is 0 Å². The lowest BCUT2D eigenvalue weighted by molar-refractivity contribution is 0.127. The molecule has 1 aliphatic carbocycles. The maximum atomic E-state index is 4.03. The molecule has 0 heterocycles. The van der Waals surface area contributed by atoms with Gasteiger partial charge in [0.15, 0.2) is 0 Å². The summed E-state index contributed by atoms with van der Waals surface area (Å²) in [5, 5.41) is 0. The van der Waals surface area contributed by atoms with E-state index >= 15 is 0 Å². The molecule has 0 aliphatic heterocycles. The Labute approximate surface area is 83.4 Å². The molecular formula is C13H24. The van der Waals surface area contributed by atoms with Crippen molar-refractivity contribution in [2.24, 2.45) is 17.3 Å². The predicted molar refractivity (Wildman–Crippen MR) is 59.7 cm³/mol. The Balaban J connectivity index is 2.55. The van der Waals surface area contributed by atoms with Gasteiger partial charge in [-0.1, -0.05) is 26.3 Å². The molecule has 0 amide bonds. The maximum absolute atomic E-state index is 4.03. The molecule has 0 aromatic rings. The van der Waals surface area contributed by atoms with Gasteiger partial charge in [-0.25, -0.2) is 0 Å². The summed E-state index contributed by atoms with van der Waals surface area (Å²) in [7, 11) is 0. The average molecular weight is 180 g/mol. The first-order valence-corrected chi connectivity index (χ1v) is 5.55. The fraction of sp³-hybridized carbons (Fsp3) is 0.846. The Morgan fingerprint density at radius 1 is 1.46 bits per heavy atom. The minimum Gasteiger partial charge on any atom is -0.100 e. The van der Waals surface area contributed by atoms with Crippen LogP contribution in [0, 0.1) is 17.3 Å². The van der Waals surface area contributed by atoms with Crippen molar-refractivity contribution >= 4 is 0 Å². The molecule has 13 heavy (non-hydrogen) atoms. The summed E-state index contributed by atoms with van der Waals surface area (Å²) in [6, 6.07) is 0. The summed E-state index contributed by atoms with van der Waals surface area (Å²) in [6.45, 7) is 13.4. The van der Waals surface area contributed by atoms with Crippen molar-refractivity contribution in [1.82, 2.24) is 0 Å². The number of hydrogen-bond donors (Lipinski definition) is 0. The van der Waals surface area contributed by atoms with E-state index in [4.69, 9.17) is 0 Å². The van der Waals surface area contributed by atoms with E-state index in [1.54, 1.807) is 0 Å². The molecular weight excluding hydrogens is 156 g/mol. The van der Waals surface area contributed by atoms with Gasteiger partial charge < -0.3 is 0 Å². The summed E-state index contributed by atoms with van der Waals surface area (Å²) in [4.78, 5) is 0. The molecule has 1 rings (SSSR count). The molecule has 0 bridgehead atoms. The Hall–Kier alpha value is -0.260. The van der Waals surface area contributed by atoms with E-state index in [1.165, 1.54) is 31.3 Å². The Morgan fingerprint density at radius 3 is 2.62 bits per heavy atom. The lowest BCUT2D eigenvalue weighted by Gasteiger charge is -2.39. The van der Waals surface area contributed by atoms with Crippen LogP contribution >= 0.6 is 0 Å². The highest BCUT2D eigenvalue weighted by Gasteiger charge is 2.32. The van der Waals surface area contributed by atoms with Gasteiger partial charge in [-0.05, 0) is 49.9 Å². The van der Waals surface area contributed by atoms with Gasteiger partial charge in [-0.2, -0.15) is 0 Å². The monoisotopic (exact) mass is 180 g/mol. The second-order valence-corrected chi connectivity index (χ2v) is 5.81. The van der Waals surface area contributed by atoms with E-state index in [-0.39, 0.29) is 0 Å². The van der Waals surface area contributed by atoms with E-state index in [0.717, 1.165) is 11.8 Å². The summed E-state index contributed by atoms with van der Waals surface area (Å²) in [6.07, 6.45) is 5.44. The van der Waals surface area contributed by atoms with Gasteiger partial charge in [0.2, 0.25) is 0 Å². The van der Waals surface area contributed by atoms with Gasteiger partial charge in [0.25, 0.3) is 0 Å². The zero-order chi connectivity index (χ0) is 10.1. The Kier molecular flexibility index (Phi) is 3.21. The first kappa shape index (κ1) is 10.8. The minimum absolute atomic E-state index is 0.576. The predicted octanol–water partition coefficient (Wildman–Crippen LogP) is 4.42. The molecule has 1 fully saturated rings. The minimum atomic E-state index is 0.576. The maximum Gasteiger partial charge on any atom is -0.0295 e. The van der Waals surface area contributed by atoms with Crippen LogP contribution in [0.1, 0.15) is 53.4 Å². The molecule has 1 saturated carbocycles. The zero-order valence-corrected chi connectivity index (χ0v) is 9.69. The van der Waals surface area contributed by atoms with Gasteiger partial charge in [-0.3, -0.25) is 0 Å². The van der Waals surface area contributed by atoms with Crippen LogP contribution in [0.3, 0.4) is 0 Å². The van der Waals surface area contributed by atoms with Crippen LogP contribution in [0.5, 0.6) is 0 Å². The van der Waals surface area contributed by atoms with E-state index in [9.17, 15) is 0 Å². The third-order valence-corrected chi connectivity index (χ3v) is 3.51. The van der Waals surface area contributed by atoms with Crippen molar-refractivity contribution in [3.63, 3.8) is 0 Å². The third-order valence-electron chi connectivity index (χ3n) is 3.51. The average Bonchev–Trinajstić information content (AvgIpc) is 1.95. The largest absolute Gasteiger partial charge is 0.100 e. The van der Waals surface area contributed by atoms with E-state index in [0.29, 0.717) is 5.41 Å². The van der Waals surface area contributed by atoms with Crippen molar-refractivity contribution in [3.8, 4) is 0 Å². The second-order valence-electron chi connectivity index (χ2n) is 5.81. The van der Waals surface area contributed by atoms with E-state index in [1.807, 2.05) is 0 Å². The molecule has 0 radical (unpaired) electrons. The van der Waals surface area contributed by atoms with E-state index < -0.39 is 0 Å². The molecule has 76 valence electrons. The van der Waals surface area contributed by atoms with Crippen molar-refractivity contribution in [2.45, 2.75) is 53.4 Å². The van der Waals surface area contributed by atoms with Crippen molar-refractivity contribution < 1.29 is 0 Å². The summed E-state index contributed by atoms with van der Waals surface area (Å²) in [5.41, 5.74) is 1.93. The third kappa shape index (κ3) is 3.17. The highest BCUT2D eigenvalue weighted by atomic mass is 14.4. The normalized spacial score (nSPS) is 32.9.